The highest BCUT2D eigenvalue weighted by molar-refractivity contribution is 5.79. The molecule has 2 aliphatic rings. The second-order valence-corrected chi connectivity index (χ2v) is 8.20. The van der Waals surface area contributed by atoms with E-state index in [1.807, 2.05) is 0 Å². The molecule has 168 valence electrons. The minimum absolute atomic E-state index is 0.633. The van der Waals surface area contributed by atoms with Crippen LogP contribution in [0.5, 0.6) is 0 Å². The molecule has 4 rings (SSSR count). The van der Waals surface area contributed by atoms with E-state index in [0.29, 0.717) is 13.1 Å². The predicted octanol–water partition coefficient (Wildman–Crippen LogP) is 2.09. The van der Waals surface area contributed by atoms with Crippen molar-refractivity contribution in [3.8, 4) is 0 Å². The van der Waals surface area contributed by atoms with Crippen LogP contribution in [0, 0.1) is 0 Å². The maximum absolute atomic E-state index is 5.48. The lowest BCUT2D eigenvalue weighted by Gasteiger charge is -2.27. The number of benzene rings is 1. The van der Waals surface area contributed by atoms with E-state index in [0.717, 1.165) is 70.0 Å². The molecule has 0 bridgehead atoms. The second kappa shape index (κ2) is 11.2. The summed E-state index contributed by atoms with van der Waals surface area (Å²) in [6.07, 6.45) is 4.71. The molecule has 0 amide bonds. The number of nitrogens with zero attached hydrogens (tertiary/aromatic N) is 5. The van der Waals surface area contributed by atoms with Crippen molar-refractivity contribution in [2.24, 2.45) is 4.99 Å². The number of rotatable bonds is 7. The minimum Gasteiger partial charge on any atom is -0.379 e. The average molecular weight is 426 g/mol. The highest BCUT2D eigenvalue weighted by atomic mass is 16.5. The fraction of sp³-hybridized carbons (Fsp3) is 0.609. The summed E-state index contributed by atoms with van der Waals surface area (Å²) in [5, 5.41) is 15.6. The van der Waals surface area contributed by atoms with Crippen LogP contribution in [-0.2, 0) is 37.3 Å². The van der Waals surface area contributed by atoms with Crippen LogP contribution in [0.25, 0.3) is 0 Å². The maximum Gasteiger partial charge on any atom is 0.191 e. The summed E-state index contributed by atoms with van der Waals surface area (Å²) in [4.78, 5) is 7.31. The van der Waals surface area contributed by atoms with Gasteiger partial charge in [-0.2, -0.15) is 0 Å². The Kier molecular flexibility index (Phi) is 7.90. The van der Waals surface area contributed by atoms with E-state index in [1.165, 1.54) is 30.4 Å². The summed E-state index contributed by atoms with van der Waals surface area (Å²) in [6.45, 7) is 9.78. The van der Waals surface area contributed by atoms with Crippen LogP contribution in [-0.4, -0.2) is 58.5 Å². The standard InChI is InChI=1S/C23H35N7O/c1-2-24-23(26-17-22-28-27-21-10-4-3-7-11-30(21)22)25-16-19-8-5-6-9-20(19)18-29-12-14-31-15-13-29/h5-6,8-9H,2-4,7,10-18H2,1H3,(H2,24,25,26). The molecule has 0 unspecified atom stereocenters. The molecule has 1 aromatic heterocycles. The highest BCUT2D eigenvalue weighted by Crippen LogP contribution is 2.15. The Labute approximate surface area is 185 Å². The van der Waals surface area contributed by atoms with Crippen molar-refractivity contribution in [2.45, 2.75) is 58.8 Å². The molecule has 2 aromatic rings. The molecule has 0 radical (unpaired) electrons. The Bertz CT molecular complexity index is 857. The van der Waals surface area contributed by atoms with Gasteiger partial charge in [0.05, 0.1) is 26.3 Å². The van der Waals surface area contributed by atoms with Crippen molar-refractivity contribution in [1.29, 1.82) is 0 Å². The van der Waals surface area contributed by atoms with Crippen LogP contribution in [0.2, 0.25) is 0 Å². The first kappa shape index (κ1) is 21.8. The van der Waals surface area contributed by atoms with Crippen LogP contribution >= 0.6 is 0 Å². The van der Waals surface area contributed by atoms with E-state index in [4.69, 9.17) is 9.73 Å². The molecule has 8 heteroatoms. The van der Waals surface area contributed by atoms with Gasteiger partial charge in [0.2, 0.25) is 0 Å². The zero-order valence-electron chi connectivity index (χ0n) is 18.6. The van der Waals surface area contributed by atoms with E-state index in [-0.39, 0.29) is 0 Å². The van der Waals surface area contributed by atoms with Crippen LogP contribution < -0.4 is 10.6 Å². The summed E-state index contributed by atoms with van der Waals surface area (Å²) in [5.41, 5.74) is 2.61. The molecule has 0 spiro atoms. The normalized spacial score (nSPS) is 17.8. The summed E-state index contributed by atoms with van der Waals surface area (Å²) in [7, 11) is 0. The van der Waals surface area contributed by atoms with Gasteiger partial charge in [-0.3, -0.25) is 4.90 Å². The largest absolute Gasteiger partial charge is 0.379 e. The van der Waals surface area contributed by atoms with E-state index >= 15 is 0 Å². The summed E-state index contributed by atoms with van der Waals surface area (Å²) < 4.78 is 7.76. The number of hydrogen-bond acceptors (Lipinski definition) is 5. The fourth-order valence-corrected chi connectivity index (χ4v) is 4.21. The molecule has 31 heavy (non-hydrogen) atoms. The van der Waals surface area contributed by atoms with E-state index in [1.54, 1.807) is 0 Å². The van der Waals surface area contributed by atoms with Gasteiger partial charge in [-0.05, 0) is 30.9 Å². The summed E-state index contributed by atoms with van der Waals surface area (Å²) in [5.74, 6) is 2.93. The van der Waals surface area contributed by atoms with Gasteiger partial charge in [0.15, 0.2) is 11.8 Å². The Morgan fingerprint density at radius 1 is 1.03 bits per heavy atom. The minimum atomic E-state index is 0.633. The molecular formula is C23H35N7O. The number of guanidine groups is 1. The monoisotopic (exact) mass is 425 g/mol. The smallest absolute Gasteiger partial charge is 0.191 e. The van der Waals surface area contributed by atoms with Crippen molar-refractivity contribution >= 4 is 5.96 Å². The van der Waals surface area contributed by atoms with Crippen molar-refractivity contribution in [2.75, 3.05) is 32.8 Å². The molecule has 2 N–H and O–H groups in total. The molecule has 3 heterocycles. The fourth-order valence-electron chi connectivity index (χ4n) is 4.21. The zero-order chi connectivity index (χ0) is 21.3. The van der Waals surface area contributed by atoms with Crippen molar-refractivity contribution < 1.29 is 4.74 Å². The third-order valence-electron chi connectivity index (χ3n) is 5.97. The number of fused-ring (bicyclic) bond motifs is 1. The van der Waals surface area contributed by atoms with E-state index < -0.39 is 0 Å². The lowest BCUT2D eigenvalue weighted by Crippen LogP contribution is -2.37. The molecule has 1 fully saturated rings. The van der Waals surface area contributed by atoms with Gasteiger partial charge < -0.3 is 19.9 Å². The van der Waals surface area contributed by atoms with Crippen LogP contribution in [0.4, 0.5) is 0 Å². The Morgan fingerprint density at radius 2 is 1.87 bits per heavy atom. The number of morpholine rings is 1. The number of nitrogens with one attached hydrogen (secondary N) is 2. The van der Waals surface area contributed by atoms with Crippen molar-refractivity contribution in [1.82, 2.24) is 30.3 Å². The number of aliphatic imine (C=N–C) groups is 1. The second-order valence-electron chi connectivity index (χ2n) is 8.20. The van der Waals surface area contributed by atoms with Crippen molar-refractivity contribution in [3.63, 3.8) is 0 Å². The van der Waals surface area contributed by atoms with Gasteiger partial charge >= 0.3 is 0 Å². The summed E-state index contributed by atoms with van der Waals surface area (Å²) >= 11 is 0. The number of ether oxygens (including phenoxy) is 1. The number of aryl methyl sites for hydroxylation is 1. The zero-order valence-corrected chi connectivity index (χ0v) is 18.6. The van der Waals surface area contributed by atoms with Gasteiger partial charge in [0, 0.05) is 39.1 Å². The molecule has 0 atom stereocenters. The first-order valence-corrected chi connectivity index (χ1v) is 11.6. The SMILES string of the molecule is CCNC(=NCc1ccccc1CN1CCOCC1)NCc1nnc2n1CCCCC2. The van der Waals surface area contributed by atoms with Gasteiger partial charge in [0.1, 0.15) is 5.82 Å². The van der Waals surface area contributed by atoms with Crippen LogP contribution in [0.3, 0.4) is 0 Å². The molecular weight excluding hydrogens is 390 g/mol. The number of hydrogen-bond donors (Lipinski definition) is 2. The van der Waals surface area contributed by atoms with Gasteiger partial charge in [0.25, 0.3) is 0 Å². The molecule has 0 aliphatic carbocycles. The molecule has 2 aliphatic heterocycles. The van der Waals surface area contributed by atoms with E-state index in [2.05, 4.69) is 61.5 Å². The van der Waals surface area contributed by atoms with Crippen LogP contribution in [0.1, 0.15) is 49.0 Å². The number of aromatic nitrogens is 3. The maximum atomic E-state index is 5.48. The lowest BCUT2D eigenvalue weighted by molar-refractivity contribution is 0.0341. The topological polar surface area (TPSA) is 79.6 Å². The average Bonchev–Trinajstić information content (AvgIpc) is 3.03. The lowest BCUT2D eigenvalue weighted by atomic mass is 10.1. The Hall–Kier alpha value is -2.45. The highest BCUT2D eigenvalue weighted by Gasteiger charge is 2.15. The quantitative estimate of drug-likeness (QED) is 0.522. The Morgan fingerprint density at radius 3 is 2.71 bits per heavy atom. The van der Waals surface area contributed by atoms with Gasteiger partial charge in [-0.25, -0.2) is 4.99 Å². The van der Waals surface area contributed by atoms with Crippen molar-refractivity contribution in [3.05, 3.63) is 47.0 Å². The first-order chi connectivity index (χ1) is 15.3. The Balaban J connectivity index is 1.40. The molecule has 1 saturated heterocycles. The molecule has 1 aromatic carbocycles. The third-order valence-corrected chi connectivity index (χ3v) is 5.97. The van der Waals surface area contributed by atoms with E-state index in [9.17, 15) is 0 Å². The molecule has 8 nitrogen and oxygen atoms in total. The van der Waals surface area contributed by atoms with Crippen LogP contribution in [0.15, 0.2) is 29.3 Å². The first-order valence-electron chi connectivity index (χ1n) is 11.6. The van der Waals surface area contributed by atoms with Gasteiger partial charge in [-0.15, -0.1) is 10.2 Å². The predicted molar refractivity (Wildman–Crippen MR) is 122 cm³/mol. The van der Waals surface area contributed by atoms with Gasteiger partial charge in [-0.1, -0.05) is 30.7 Å². The third kappa shape index (κ3) is 6.04. The molecule has 0 saturated carbocycles. The summed E-state index contributed by atoms with van der Waals surface area (Å²) in [6, 6.07) is 8.61.